The number of halogens is 1. The quantitative estimate of drug-likeness (QED) is 0.783. The van der Waals surface area contributed by atoms with Crippen LogP contribution in [-0.4, -0.2) is 44.1 Å². The number of carbonyl (C=O) groups excluding carboxylic acids is 1. The Balaban J connectivity index is 1.74. The van der Waals surface area contributed by atoms with Gasteiger partial charge in [0.15, 0.2) is 0 Å². The van der Waals surface area contributed by atoms with E-state index in [-0.39, 0.29) is 5.91 Å². The van der Waals surface area contributed by atoms with Crippen molar-refractivity contribution >= 4 is 21.8 Å². The van der Waals surface area contributed by atoms with Crippen molar-refractivity contribution in [1.29, 1.82) is 0 Å². The number of methoxy groups -OCH3 is 1. The van der Waals surface area contributed by atoms with Crippen LogP contribution >= 0.6 is 15.9 Å². The molecule has 1 heterocycles. The molecule has 1 aromatic rings. The van der Waals surface area contributed by atoms with E-state index >= 15 is 0 Å². The summed E-state index contributed by atoms with van der Waals surface area (Å²) in [6.07, 6.45) is 3.58. The molecular formula is C17H25BrN2O2. The number of carbonyl (C=O) groups is 1. The van der Waals surface area contributed by atoms with E-state index in [1.165, 1.54) is 25.9 Å². The summed E-state index contributed by atoms with van der Waals surface area (Å²) < 4.78 is 5.95. The third-order valence-corrected chi connectivity index (χ3v) is 4.92. The largest absolute Gasteiger partial charge is 0.497 e. The zero-order chi connectivity index (χ0) is 15.9. The molecule has 0 unspecified atom stereocenters. The summed E-state index contributed by atoms with van der Waals surface area (Å²) in [4.78, 5) is 14.7. The van der Waals surface area contributed by atoms with Crippen LogP contribution in [0.5, 0.6) is 5.75 Å². The van der Waals surface area contributed by atoms with Gasteiger partial charge in [0.2, 0.25) is 0 Å². The predicted octanol–water partition coefficient (Wildman–Crippen LogP) is 3.31. The lowest BCUT2D eigenvalue weighted by atomic mass is 9.99. The topological polar surface area (TPSA) is 41.6 Å². The molecule has 1 aliphatic heterocycles. The average Bonchev–Trinajstić information content (AvgIpc) is 2.53. The molecule has 1 aliphatic rings. The maximum Gasteiger partial charge on any atom is 0.252 e. The molecule has 0 radical (unpaired) electrons. The molecule has 2 rings (SSSR count). The summed E-state index contributed by atoms with van der Waals surface area (Å²) >= 11 is 3.41. The lowest BCUT2D eigenvalue weighted by molar-refractivity contribution is 0.0949. The minimum absolute atomic E-state index is 0.0574. The van der Waals surface area contributed by atoms with E-state index in [2.05, 4.69) is 33.1 Å². The number of rotatable bonds is 6. The lowest BCUT2D eigenvalue weighted by Gasteiger charge is -2.30. The molecule has 0 spiro atoms. The van der Waals surface area contributed by atoms with Gasteiger partial charge in [-0.25, -0.2) is 0 Å². The Hall–Kier alpha value is -1.07. The van der Waals surface area contributed by atoms with Gasteiger partial charge in [0.25, 0.3) is 5.91 Å². The van der Waals surface area contributed by atoms with Crippen LogP contribution in [0.25, 0.3) is 0 Å². The highest BCUT2D eigenvalue weighted by Gasteiger charge is 2.15. The molecular weight excluding hydrogens is 344 g/mol. The first-order valence-electron chi connectivity index (χ1n) is 7.94. The molecule has 0 aromatic heterocycles. The smallest absolute Gasteiger partial charge is 0.252 e. The molecule has 1 fully saturated rings. The fourth-order valence-electron chi connectivity index (χ4n) is 2.69. The average molecular weight is 369 g/mol. The fraction of sp³-hybridized carbons (Fsp3) is 0.588. The number of hydrogen-bond donors (Lipinski definition) is 1. The van der Waals surface area contributed by atoms with E-state index in [4.69, 9.17) is 4.74 Å². The van der Waals surface area contributed by atoms with Gasteiger partial charge in [-0.05, 0) is 78.9 Å². The van der Waals surface area contributed by atoms with Gasteiger partial charge in [-0.2, -0.15) is 0 Å². The van der Waals surface area contributed by atoms with Crippen molar-refractivity contribution in [2.24, 2.45) is 5.92 Å². The van der Waals surface area contributed by atoms with Crippen LogP contribution in [0, 0.1) is 5.92 Å². The van der Waals surface area contributed by atoms with Gasteiger partial charge in [0, 0.05) is 11.0 Å². The van der Waals surface area contributed by atoms with Crippen molar-refractivity contribution in [2.75, 3.05) is 33.3 Å². The van der Waals surface area contributed by atoms with Gasteiger partial charge < -0.3 is 15.0 Å². The van der Waals surface area contributed by atoms with Crippen molar-refractivity contribution in [2.45, 2.75) is 26.2 Å². The normalized spacial score (nSPS) is 16.5. The summed E-state index contributed by atoms with van der Waals surface area (Å²) in [6.45, 7) is 6.47. The number of hydrogen-bond acceptors (Lipinski definition) is 3. The number of benzene rings is 1. The second kappa shape index (κ2) is 8.53. The number of nitrogens with one attached hydrogen (secondary N) is 1. The summed E-state index contributed by atoms with van der Waals surface area (Å²) in [7, 11) is 1.60. The van der Waals surface area contributed by atoms with E-state index in [0.29, 0.717) is 17.9 Å². The zero-order valence-electron chi connectivity index (χ0n) is 13.4. The highest BCUT2D eigenvalue weighted by Crippen LogP contribution is 2.22. The van der Waals surface area contributed by atoms with Crippen molar-refractivity contribution in [3.8, 4) is 5.75 Å². The minimum atomic E-state index is -0.0574. The van der Waals surface area contributed by atoms with Crippen LogP contribution in [0.2, 0.25) is 0 Å². The van der Waals surface area contributed by atoms with Crippen LogP contribution in [-0.2, 0) is 0 Å². The molecule has 22 heavy (non-hydrogen) atoms. The van der Waals surface area contributed by atoms with Crippen molar-refractivity contribution in [3.63, 3.8) is 0 Å². The Labute approximate surface area is 141 Å². The van der Waals surface area contributed by atoms with E-state index < -0.39 is 0 Å². The van der Waals surface area contributed by atoms with Crippen LogP contribution in [0.1, 0.15) is 36.5 Å². The molecule has 1 saturated heterocycles. The van der Waals surface area contributed by atoms with Gasteiger partial charge >= 0.3 is 0 Å². The SMILES string of the molecule is COc1ccc(Br)c(C(=O)NCCCN2CCC(C)CC2)c1. The first kappa shape index (κ1) is 17.3. The Morgan fingerprint density at radius 1 is 1.41 bits per heavy atom. The second-order valence-electron chi connectivity index (χ2n) is 5.98. The molecule has 1 amide bonds. The first-order chi connectivity index (χ1) is 10.6. The van der Waals surface area contributed by atoms with Gasteiger partial charge in [0.05, 0.1) is 12.7 Å². The summed E-state index contributed by atoms with van der Waals surface area (Å²) in [5.74, 6) is 1.50. The van der Waals surface area contributed by atoms with E-state index in [9.17, 15) is 4.79 Å². The number of nitrogens with zero attached hydrogens (tertiary/aromatic N) is 1. The third-order valence-electron chi connectivity index (χ3n) is 4.23. The second-order valence-corrected chi connectivity index (χ2v) is 6.83. The molecule has 0 aliphatic carbocycles. The monoisotopic (exact) mass is 368 g/mol. The molecule has 122 valence electrons. The number of amides is 1. The molecule has 4 nitrogen and oxygen atoms in total. The van der Waals surface area contributed by atoms with Crippen LogP contribution in [0.4, 0.5) is 0 Å². The molecule has 0 atom stereocenters. The van der Waals surface area contributed by atoms with Gasteiger partial charge in [-0.3, -0.25) is 4.79 Å². The van der Waals surface area contributed by atoms with Crippen LogP contribution in [0.3, 0.4) is 0 Å². The van der Waals surface area contributed by atoms with Crippen molar-refractivity contribution in [3.05, 3.63) is 28.2 Å². The Kier molecular flexibility index (Phi) is 6.70. The maximum atomic E-state index is 12.2. The molecule has 0 bridgehead atoms. The third kappa shape index (κ3) is 4.99. The molecule has 0 saturated carbocycles. The van der Waals surface area contributed by atoms with Gasteiger partial charge in [-0.1, -0.05) is 6.92 Å². The highest BCUT2D eigenvalue weighted by atomic mass is 79.9. The summed E-state index contributed by atoms with van der Waals surface area (Å²) in [5.41, 5.74) is 0.617. The number of likely N-dealkylation sites (tertiary alicyclic amines) is 1. The predicted molar refractivity (Wildman–Crippen MR) is 92.5 cm³/mol. The first-order valence-corrected chi connectivity index (χ1v) is 8.73. The summed E-state index contributed by atoms with van der Waals surface area (Å²) in [5, 5.41) is 2.99. The van der Waals surface area contributed by atoms with Crippen molar-refractivity contribution in [1.82, 2.24) is 10.2 Å². The lowest BCUT2D eigenvalue weighted by Crippen LogP contribution is -2.35. The standard InChI is InChI=1S/C17H25BrN2O2/c1-13-6-10-20(11-7-13)9-3-8-19-17(21)15-12-14(22-2)4-5-16(15)18/h4-5,12-13H,3,6-11H2,1-2H3,(H,19,21). The Bertz CT molecular complexity index is 499. The summed E-state index contributed by atoms with van der Waals surface area (Å²) in [6, 6.07) is 5.42. The highest BCUT2D eigenvalue weighted by molar-refractivity contribution is 9.10. The van der Waals surface area contributed by atoms with E-state index in [1.54, 1.807) is 13.2 Å². The minimum Gasteiger partial charge on any atom is -0.497 e. The number of ether oxygens (including phenoxy) is 1. The molecule has 1 aromatic carbocycles. The van der Waals surface area contributed by atoms with Crippen molar-refractivity contribution < 1.29 is 9.53 Å². The maximum absolute atomic E-state index is 12.2. The fourth-order valence-corrected chi connectivity index (χ4v) is 3.12. The molecule has 1 N–H and O–H groups in total. The molecule has 5 heteroatoms. The Morgan fingerprint density at radius 3 is 2.82 bits per heavy atom. The number of piperidine rings is 1. The Morgan fingerprint density at radius 2 is 2.14 bits per heavy atom. The van der Waals surface area contributed by atoms with E-state index in [1.807, 2.05) is 12.1 Å². The van der Waals surface area contributed by atoms with Gasteiger partial charge in [0.1, 0.15) is 5.75 Å². The zero-order valence-corrected chi connectivity index (χ0v) is 15.0. The van der Waals surface area contributed by atoms with Gasteiger partial charge in [-0.15, -0.1) is 0 Å². The van der Waals surface area contributed by atoms with Crippen LogP contribution < -0.4 is 10.1 Å². The van der Waals surface area contributed by atoms with Crippen LogP contribution in [0.15, 0.2) is 22.7 Å². The van der Waals surface area contributed by atoms with E-state index in [0.717, 1.165) is 23.4 Å².